The molecule has 0 bridgehead atoms. The van der Waals surface area contributed by atoms with Gasteiger partial charge in [0.2, 0.25) is 0 Å². The van der Waals surface area contributed by atoms with Gasteiger partial charge in [-0.1, -0.05) is 13.8 Å². The molecule has 0 saturated heterocycles. The van der Waals surface area contributed by atoms with Crippen molar-refractivity contribution < 1.29 is 14.3 Å². The SMILES string of the molecule is CCCOc1ccc(NC(=O)[C@@](C)(CC)OCC)cc1C#N. The molecule has 1 N–H and O–H groups in total. The van der Waals surface area contributed by atoms with E-state index >= 15 is 0 Å². The molecular weight excluding hydrogens is 280 g/mol. The number of anilines is 1. The Morgan fingerprint density at radius 2 is 2.09 bits per heavy atom. The largest absolute Gasteiger partial charge is 0.492 e. The van der Waals surface area contributed by atoms with Crippen molar-refractivity contribution in [2.75, 3.05) is 18.5 Å². The second-order valence-corrected chi connectivity index (χ2v) is 5.14. The van der Waals surface area contributed by atoms with Crippen LogP contribution < -0.4 is 10.1 Å². The highest BCUT2D eigenvalue weighted by molar-refractivity contribution is 5.97. The molecule has 1 aromatic carbocycles. The first-order valence-corrected chi connectivity index (χ1v) is 7.63. The minimum absolute atomic E-state index is 0.219. The first kappa shape index (κ1) is 18.0. The number of nitrogens with one attached hydrogen (secondary N) is 1. The number of carbonyl (C=O) groups is 1. The van der Waals surface area contributed by atoms with Gasteiger partial charge in [-0.2, -0.15) is 5.26 Å². The van der Waals surface area contributed by atoms with E-state index in [9.17, 15) is 10.1 Å². The number of benzene rings is 1. The van der Waals surface area contributed by atoms with Crippen LogP contribution in [-0.4, -0.2) is 24.7 Å². The van der Waals surface area contributed by atoms with Crippen molar-refractivity contribution in [3.8, 4) is 11.8 Å². The summed E-state index contributed by atoms with van der Waals surface area (Å²) in [6, 6.07) is 7.13. The molecule has 5 heteroatoms. The van der Waals surface area contributed by atoms with Gasteiger partial charge in [-0.15, -0.1) is 0 Å². The van der Waals surface area contributed by atoms with Crippen molar-refractivity contribution in [3.05, 3.63) is 23.8 Å². The Morgan fingerprint density at radius 1 is 1.36 bits per heavy atom. The Hall–Kier alpha value is -2.06. The van der Waals surface area contributed by atoms with Crippen LogP contribution in [0.2, 0.25) is 0 Å². The van der Waals surface area contributed by atoms with Gasteiger partial charge in [-0.25, -0.2) is 0 Å². The topological polar surface area (TPSA) is 71.3 Å². The molecule has 0 aliphatic rings. The molecule has 1 aromatic rings. The summed E-state index contributed by atoms with van der Waals surface area (Å²) in [6.45, 7) is 8.53. The summed E-state index contributed by atoms with van der Waals surface area (Å²) in [5.41, 5.74) is 0.0875. The smallest absolute Gasteiger partial charge is 0.256 e. The van der Waals surface area contributed by atoms with E-state index in [1.807, 2.05) is 20.8 Å². The minimum atomic E-state index is -0.876. The van der Waals surface area contributed by atoms with E-state index in [-0.39, 0.29) is 5.91 Å². The van der Waals surface area contributed by atoms with Crippen LogP contribution in [0.15, 0.2) is 18.2 Å². The van der Waals surface area contributed by atoms with Gasteiger partial charge in [-0.3, -0.25) is 4.79 Å². The molecule has 22 heavy (non-hydrogen) atoms. The molecule has 0 aliphatic heterocycles. The number of ether oxygens (including phenoxy) is 2. The molecule has 0 radical (unpaired) electrons. The Bertz CT molecular complexity index is 551. The molecule has 0 unspecified atom stereocenters. The van der Waals surface area contributed by atoms with Crippen LogP contribution in [0, 0.1) is 11.3 Å². The van der Waals surface area contributed by atoms with E-state index in [4.69, 9.17) is 9.47 Å². The third-order valence-electron chi connectivity index (χ3n) is 3.44. The van der Waals surface area contributed by atoms with Crippen LogP contribution in [0.25, 0.3) is 0 Å². The molecule has 120 valence electrons. The molecule has 0 fully saturated rings. The van der Waals surface area contributed by atoms with Crippen molar-refractivity contribution >= 4 is 11.6 Å². The second-order valence-electron chi connectivity index (χ2n) is 5.14. The van der Waals surface area contributed by atoms with Gasteiger partial charge in [0.05, 0.1) is 12.2 Å². The molecule has 0 aromatic heterocycles. The number of carbonyl (C=O) groups excluding carboxylic acids is 1. The molecule has 1 rings (SSSR count). The summed E-state index contributed by atoms with van der Waals surface area (Å²) in [5, 5.41) is 12.0. The third kappa shape index (κ3) is 4.47. The maximum atomic E-state index is 12.4. The fraction of sp³-hybridized carbons (Fsp3) is 0.529. The van der Waals surface area contributed by atoms with Crippen LogP contribution in [-0.2, 0) is 9.53 Å². The van der Waals surface area contributed by atoms with E-state index < -0.39 is 5.60 Å². The van der Waals surface area contributed by atoms with E-state index in [2.05, 4.69) is 11.4 Å². The predicted octanol–water partition coefficient (Wildman–Crippen LogP) is 3.49. The van der Waals surface area contributed by atoms with Gasteiger partial charge in [0, 0.05) is 12.3 Å². The summed E-state index contributed by atoms with van der Waals surface area (Å²) >= 11 is 0. The molecule has 1 amide bonds. The van der Waals surface area contributed by atoms with E-state index in [1.165, 1.54) is 0 Å². The summed E-state index contributed by atoms with van der Waals surface area (Å²) in [4.78, 5) is 12.4. The normalized spacial score (nSPS) is 13.0. The molecule has 0 spiro atoms. The zero-order valence-corrected chi connectivity index (χ0v) is 13.7. The summed E-state index contributed by atoms with van der Waals surface area (Å²) in [7, 11) is 0. The maximum Gasteiger partial charge on any atom is 0.256 e. The highest BCUT2D eigenvalue weighted by Gasteiger charge is 2.31. The summed E-state index contributed by atoms with van der Waals surface area (Å²) < 4.78 is 11.0. The quantitative estimate of drug-likeness (QED) is 0.798. The van der Waals surface area contributed by atoms with Crippen LogP contribution >= 0.6 is 0 Å². The first-order valence-electron chi connectivity index (χ1n) is 7.63. The highest BCUT2D eigenvalue weighted by Crippen LogP contribution is 2.24. The standard InChI is InChI=1S/C17H24N2O3/c1-5-10-21-15-9-8-14(11-13(15)12-18)19-16(20)17(4,6-2)22-7-3/h8-9,11H,5-7,10H2,1-4H3,(H,19,20)/t17-/m1/s1. The Kier molecular flexibility index (Phi) is 6.87. The third-order valence-corrected chi connectivity index (χ3v) is 3.44. The van der Waals surface area contributed by atoms with Crippen molar-refractivity contribution in [2.24, 2.45) is 0 Å². The van der Waals surface area contributed by atoms with Crippen LogP contribution in [0.4, 0.5) is 5.69 Å². The van der Waals surface area contributed by atoms with E-state index in [1.54, 1.807) is 25.1 Å². The molecule has 0 saturated carbocycles. The monoisotopic (exact) mass is 304 g/mol. The molecule has 5 nitrogen and oxygen atoms in total. The lowest BCUT2D eigenvalue weighted by Crippen LogP contribution is -2.42. The lowest BCUT2D eigenvalue weighted by molar-refractivity contribution is -0.139. The van der Waals surface area contributed by atoms with Gasteiger partial charge in [-0.05, 0) is 44.9 Å². The summed E-state index contributed by atoms with van der Waals surface area (Å²) in [6.07, 6.45) is 1.43. The highest BCUT2D eigenvalue weighted by atomic mass is 16.5. The Morgan fingerprint density at radius 3 is 2.64 bits per heavy atom. The molecular formula is C17H24N2O3. The Balaban J connectivity index is 2.90. The minimum Gasteiger partial charge on any atom is -0.492 e. The van der Waals surface area contributed by atoms with Gasteiger partial charge in [0.1, 0.15) is 17.4 Å². The maximum absolute atomic E-state index is 12.4. The van der Waals surface area contributed by atoms with E-state index in [0.29, 0.717) is 36.6 Å². The molecule has 0 aliphatic carbocycles. The number of hydrogen-bond donors (Lipinski definition) is 1. The van der Waals surface area contributed by atoms with Crippen LogP contribution in [0.5, 0.6) is 5.75 Å². The first-order chi connectivity index (χ1) is 10.5. The lowest BCUT2D eigenvalue weighted by Gasteiger charge is -2.26. The van der Waals surface area contributed by atoms with Crippen LogP contribution in [0.1, 0.15) is 46.1 Å². The molecule has 1 atom stereocenters. The van der Waals surface area contributed by atoms with Gasteiger partial charge < -0.3 is 14.8 Å². The fourth-order valence-electron chi connectivity index (χ4n) is 1.94. The Labute approximate surface area is 132 Å². The van der Waals surface area contributed by atoms with Gasteiger partial charge in [0.25, 0.3) is 5.91 Å². The van der Waals surface area contributed by atoms with Gasteiger partial charge >= 0.3 is 0 Å². The lowest BCUT2D eigenvalue weighted by atomic mass is 10.0. The van der Waals surface area contributed by atoms with Crippen molar-refractivity contribution in [3.63, 3.8) is 0 Å². The van der Waals surface area contributed by atoms with E-state index in [0.717, 1.165) is 6.42 Å². The number of nitrogens with zero attached hydrogens (tertiary/aromatic N) is 1. The summed E-state index contributed by atoms with van der Waals surface area (Å²) in [5.74, 6) is 0.313. The number of hydrogen-bond acceptors (Lipinski definition) is 4. The number of nitriles is 1. The molecule has 0 heterocycles. The predicted molar refractivity (Wildman–Crippen MR) is 85.9 cm³/mol. The average Bonchev–Trinajstić information content (AvgIpc) is 2.53. The zero-order chi connectivity index (χ0) is 16.6. The zero-order valence-electron chi connectivity index (χ0n) is 13.7. The van der Waals surface area contributed by atoms with Crippen LogP contribution in [0.3, 0.4) is 0 Å². The average molecular weight is 304 g/mol. The number of rotatable bonds is 8. The van der Waals surface area contributed by atoms with Crippen molar-refractivity contribution in [1.82, 2.24) is 0 Å². The number of amides is 1. The fourth-order valence-corrected chi connectivity index (χ4v) is 1.94. The van der Waals surface area contributed by atoms with Crippen molar-refractivity contribution in [1.29, 1.82) is 5.26 Å². The second kappa shape index (κ2) is 8.40. The van der Waals surface area contributed by atoms with Gasteiger partial charge in [0.15, 0.2) is 0 Å². The van der Waals surface area contributed by atoms with Crippen molar-refractivity contribution in [2.45, 2.75) is 46.1 Å².